The Kier molecular flexibility index (Phi) is 14.7. The van der Waals surface area contributed by atoms with Crippen molar-refractivity contribution in [1.82, 2.24) is 15.5 Å². The van der Waals surface area contributed by atoms with Crippen molar-refractivity contribution in [1.29, 1.82) is 0 Å². The van der Waals surface area contributed by atoms with E-state index in [0.717, 1.165) is 11.1 Å². The van der Waals surface area contributed by atoms with Crippen molar-refractivity contribution < 1.29 is 33.5 Å². The lowest BCUT2D eigenvalue weighted by Gasteiger charge is -2.23. The lowest BCUT2D eigenvalue weighted by molar-refractivity contribution is -0.138. The molecule has 5 N–H and O–H groups in total. The summed E-state index contributed by atoms with van der Waals surface area (Å²) >= 11 is 0. The minimum Gasteiger partial charge on any atom is -0.463 e. The van der Waals surface area contributed by atoms with E-state index in [4.69, 9.17) is 10.5 Å². The lowest BCUT2D eigenvalue weighted by Crippen LogP contribution is -2.53. The number of nitrogens with one attached hydrogen (secondary N) is 3. The van der Waals surface area contributed by atoms with E-state index in [9.17, 15) is 28.8 Å². The van der Waals surface area contributed by atoms with Gasteiger partial charge in [-0.25, -0.2) is 0 Å². The van der Waals surface area contributed by atoms with Crippen LogP contribution in [0.4, 0.5) is 5.69 Å². The number of hydrogen-bond acceptors (Lipinski definition) is 8. The van der Waals surface area contributed by atoms with Gasteiger partial charge in [0.05, 0.1) is 0 Å². The van der Waals surface area contributed by atoms with Crippen LogP contribution in [-0.2, 0) is 46.5 Å². The third kappa shape index (κ3) is 12.1. The second-order valence-corrected chi connectivity index (χ2v) is 11.0. The van der Waals surface area contributed by atoms with Crippen LogP contribution in [0.2, 0.25) is 0 Å². The van der Waals surface area contributed by atoms with Crippen LogP contribution in [0.5, 0.6) is 0 Å². The molecule has 1 aliphatic rings. The van der Waals surface area contributed by atoms with Crippen molar-refractivity contribution in [3.05, 3.63) is 65.7 Å². The number of amides is 5. The molecule has 2 aromatic rings. The maximum Gasteiger partial charge on any atom is 0.293 e. The second-order valence-electron chi connectivity index (χ2n) is 11.0. The van der Waals surface area contributed by atoms with E-state index in [-0.39, 0.29) is 50.0 Å². The number of carbonyl (C=O) groups excluding carboxylic acids is 6. The van der Waals surface area contributed by atoms with Gasteiger partial charge in [0.25, 0.3) is 6.47 Å². The van der Waals surface area contributed by atoms with Gasteiger partial charge in [-0.1, -0.05) is 48.9 Å². The third-order valence-electron chi connectivity index (χ3n) is 7.49. The summed E-state index contributed by atoms with van der Waals surface area (Å²) in [5, 5.41) is 8.50. The molecule has 0 unspecified atom stereocenters. The fourth-order valence-corrected chi connectivity index (χ4v) is 5.01. The quantitative estimate of drug-likeness (QED) is 0.0989. The Morgan fingerprint density at radius 3 is 2.20 bits per heavy atom. The van der Waals surface area contributed by atoms with Crippen molar-refractivity contribution in [2.45, 2.75) is 82.9 Å². The lowest BCUT2D eigenvalue weighted by atomic mass is 10.0. The molecular weight excluding hydrogens is 578 g/mol. The fraction of sp³-hybridized carbons (Fsp3) is 0.455. The predicted octanol–water partition coefficient (Wildman–Crippen LogP) is 2.35. The van der Waals surface area contributed by atoms with Crippen LogP contribution in [0.25, 0.3) is 0 Å². The average Bonchev–Trinajstić information content (AvgIpc) is 3.36. The molecule has 2 aromatic carbocycles. The van der Waals surface area contributed by atoms with Gasteiger partial charge in [0.2, 0.25) is 29.5 Å². The summed E-state index contributed by atoms with van der Waals surface area (Å²) in [4.78, 5) is 75.0. The smallest absolute Gasteiger partial charge is 0.293 e. The summed E-state index contributed by atoms with van der Waals surface area (Å²) in [6, 6.07) is 14.3. The number of carbonyl (C=O) groups is 6. The van der Waals surface area contributed by atoms with E-state index < -0.39 is 23.9 Å². The molecule has 3 rings (SSSR count). The van der Waals surface area contributed by atoms with Crippen molar-refractivity contribution >= 4 is 41.7 Å². The van der Waals surface area contributed by atoms with Crippen molar-refractivity contribution in [3.8, 4) is 0 Å². The highest BCUT2D eigenvalue weighted by molar-refractivity contribution is 6.02. The summed E-state index contributed by atoms with van der Waals surface area (Å²) in [7, 11) is 0. The Hall–Kier alpha value is -4.58. The van der Waals surface area contributed by atoms with Gasteiger partial charge in [0.15, 0.2) is 0 Å². The van der Waals surface area contributed by atoms with Gasteiger partial charge in [-0.05, 0) is 61.9 Å². The molecular formula is C33H43N5O7. The number of anilines is 1. The van der Waals surface area contributed by atoms with Gasteiger partial charge < -0.3 is 26.4 Å². The van der Waals surface area contributed by atoms with Crippen molar-refractivity contribution in [2.75, 3.05) is 18.4 Å². The van der Waals surface area contributed by atoms with Crippen molar-refractivity contribution in [3.63, 3.8) is 0 Å². The number of likely N-dealkylation sites (tertiary alicyclic amines) is 1. The zero-order valence-corrected chi connectivity index (χ0v) is 25.5. The first-order chi connectivity index (χ1) is 21.8. The normalized spacial score (nSPS) is 14.0. The topological polar surface area (TPSA) is 177 Å². The van der Waals surface area contributed by atoms with Crippen molar-refractivity contribution in [2.24, 2.45) is 5.73 Å². The minimum absolute atomic E-state index is 0.116. The Labute approximate surface area is 263 Å². The number of unbranched alkanes of at least 4 members (excludes halogenated alkanes) is 3. The highest BCUT2D eigenvalue weighted by Crippen LogP contribution is 2.15. The molecule has 0 aliphatic carbocycles. The summed E-state index contributed by atoms with van der Waals surface area (Å²) in [6.07, 6.45) is 4.36. The summed E-state index contributed by atoms with van der Waals surface area (Å²) in [5.41, 5.74) is 7.77. The molecule has 1 fully saturated rings. The van der Waals surface area contributed by atoms with Crippen LogP contribution in [0.1, 0.15) is 68.9 Å². The molecule has 0 aromatic heterocycles. The van der Waals surface area contributed by atoms with Gasteiger partial charge in [-0.15, -0.1) is 0 Å². The van der Waals surface area contributed by atoms with E-state index >= 15 is 0 Å². The highest BCUT2D eigenvalue weighted by atomic mass is 16.5. The Balaban J connectivity index is 1.60. The number of rotatable bonds is 20. The van der Waals surface area contributed by atoms with E-state index in [0.29, 0.717) is 63.8 Å². The number of nitrogens with two attached hydrogens (primary N) is 1. The van der Waals surface area contributed by atoms with E-state index in [1.165, 1.54) is 4.90 Å². The summed E-state index contributed by atoms with van der Waals surface area (Å²) < 4.78 is 4.75. The molecule has 0 spiro atoms. The van der Waals surface area contributed by atoms with E-state index in [2.05, 4.69) is 16.0 Å². The Morgan fingerprint density at radius 1 is 0.822 bits per heavy atom. The fourth-order valence-electron chi connectivity index (χ4n) is 5.01. The van der Waals surface area contributed by atoms with Gasteiger partial charge in [-0.3, -0.25) is 33.7 Å². The molecule has 1 aliphatic heterocycles. The van der Waals surface area contributed by atoms with Gasteiger partial charge in [0, 0.05) is 37.9 Å². The van der Waals surface area contributed by atoms with Crippen LogP contribution in [-0.4, -0.2) is 66.1 Å². The Morgan fingerprint density at radius 2 is 1.53 bits per heavy atom. The van der Waals surface area contributed by atoms with Gasteiger partial charge >= 0.3 is 0 Å². The maximum absolute atomic E-state index is 13.6. The molecule has 0 saturated carbocycles. The summed E-state index contributed by atoms with van der Waals surface area (Å²) in [6.45, 7) is 1.28. The number of imide groups is 1. The predicted molar refractivity (Wildman–Crippen MR) is 167 cm³/mol. The molecule has 12 heteroatoms. The molecule has 1 saturated heterocycles. The van der Waals surface area contributed by atoms with E-state index in [1.807, 2.05) is 30.3 Å². The highest BCUT2D eigenvalue weighted by Gasteiger charge is 2.29. The molecule has 12 nitrogen and oxygen atoms in total. The van der Waals surface area contributed by atoms with Gasteiger partial charge in [-0.2, -0.15) is 0 Å². The van der Waals surface area contributed by atoms with Gasteiger partial charge in [0.1, 0.15) is 18.7 Å². The van der Waals surface area contributed by atoms with E-state index in [1.54, 1.807) is 24.3 Å². The largest absolute Gasteiger partial charge is 0.463 e. The number of ether oxygens (including phenoxy) is 1. The van der Waals surface area contributed by atoms with Crippen LogP contribution < -0.4 is 21.7 Å². The second kappa shape index (κ2) is 18.9. The summed E-state index contributed by atoms with van der Waals surface area (Å²) in [5.74, 6) is -1.49. The zero-order valence-electron chi connectivity index (χ0n) is 25.5. The SMILES string of the molecule is NCCCC[C@H](NC(=O)[C@H](Cc1ccccc1)NC(=O)CCCCCN1C(=O)CCC1=O)C(=O)Nc1ccc(COC=O)cc1. The van der Waals surface area contributed by atoms with Crippen LogP contribution >= 0.6 is 0 Å². The average molecular weight is 622 g/mol. The monoisotopic (exact) mass is 621 g/mol. The maximum atomic E-state index is 13.6. The molecule has 2 atom stereocenters. The molecule has 242 valence electrons. The molecule has 1 heterocycles. The van der Waals surface area contributed by atoms with Crippen LogP contribution in [0.3, 0.4) is 0 Å². The van der Waals surface area contributed by atoms with Crippen LogP contribution in [0.15, 0.2) is 54.6 Å². The molecule has 5 amide bonds. The van der Waals surface area contributed by atoms with Crippen LogP contribution in [0, 0.1) is 0 Å². The first-order valence-electron chi connectivity index (χ1n) is 15.4. The standard InChI is InChI=1S/C33H43N5O7/c34-19-7-6-11-27(32(43)35-26-15-13-25(14-16-26)22-45-23-39)37-33(44)28(21-24-9-3-1-4-10-24)36-29(40)12-5-2-8-20-38-30(41)17-18-31(38)42/h1,3-4,9-10,13-16,23,27-28H,2,5-8,11-12,17-22,34H2,(H,35,43)(H,36,40)(H,37,44)/t27-,28-/m0/s1. The zero-order chi connectivity index (χ0) is 32.4. The number of nitrogens with zero attached hydrogens (tertiary/aromatic N) is 1. The first kappa shape index (κ1) is 34.9. The molecule has 45 heavy (non-hydrogen) atoms. The molecule has 0 bridgehead atoms. The first-order valence-corrected chi connectivity index (χ1v) is 15.4. The molecule has 0 radical (unpaired) electrons. The minimum atomic E-state index is -0.915. The number of benzene rings is 2. The Bertz CT molecular complexity index is 1270. The third-order valence-corrected chi connectivity index (χ3v) is 7.49. The number of hydrogen-bond donors (Lipinski definition) is 4.